The minimum atomic E-state index is -4.57. The van der Waals surface area contributed by atoms with E-state index < -0.39 is 30.2 Å². The number of hydrazine groups is 1. The molecule has 2 N–H and O–H groups in total. The van der Waals surface area contributed by atoms with Gasteiger partial charge in [-0.1, -0.05) is 17.7 Å². The molecular formula is C14H13F3N4O2. The molecule has 0 spiro atoms. The van der Waals surface area contributed by atoms with Gasteiger partial charge in [0, 0.05) is 11.8 Å². The number of nitrogens with zero attached hydrogens (tertiary/aromatic N) is 2. The molecule has 0 aliphatic heterocycles. The summed E-state index contributed by atoms with van der Waals surface area (Å²) in [5, 5.41) is 3.23. The van der Waals surface area contributed by atoms with Crippen LogP contribution in [0.2, 0.25) is 0 Å². The molecule has 0 unspecified atom stereocenters. The lowest BCUT2D eigenvalue weighted by molar-refractivity contribution is -0.141. The van der Waals surface area contributed by atoms with Crippen LogP contribution in [-0.2, 0) is 17.5 Å². The van der Waals surface area contributed by atoms with Gasteiger partial charge in [0.25, 0.3) is 11.8 Å². The molecule has 0 aliphatic rings. The minimum Gasteiger partial charge on any atom is -0.271 e. The van der Waals surface area contributed by atoms with Gasteiger partial charge >= 0.3 is 6.18 Å². The van der Waals surface area contributed by atoms with Crippen molar-refractivity contribution in [3.8, 4) is 0 Å². The maximum atomic E-state index is 12.4. The third kappa shape index (κ3) is 4.56. The van der Waals surface area contributed by atoms with Crippen molar-refractivity contribution in [3.63, 3.8) is 0 Å². The summed E-state index contributed by atoms with van der Waals surface area (Å²) in [7, 11) is 0. The van der Waals surface area contributed by atoms with Crippen LogP contribution >= 0.6 is 0 Å². The van der Waals surface area contributed by atoms with Crippen LogP contribution in [0.15, 0.2) is 36.5 Å². The Kier molecular flexibility index (Phi) is 4.68. The molecule has 6 nitrogen and oxygen atoms in total. The van der Waals surface area contributed by atoms with E-state index in [1.54, 1.807) is 24.3 Å². The van der Waals surface area contributed by atoms with Crippen molar-refractivity contribution in [3.05, 3.63) is 53.3 Å². The van der Waals surface area contributed by atoms with Gasteiger partial charge in [0.05, 0.1) is 0 Å². The standard InChI is InChI=1S/C14H13F3N4O2/c1-9-2-4-10(5-3-9)13(23)19-18-12(22)8-21-7-6-11(20-21)14(15,16)17/h2-7H,8H2,1H3,(H,18,22)(H,19,23). The van der Waals surface area contributed by atoms with Crippen LogP contribution in [0.4, 0.5) is 13.2 Å². The molecule has 9 heteroatoms. The topological polar surface area (TPSA) is 76.0 Å². The van der Waals surface area contributed by atoms with Gasteiger partial charge in [-0.05, 0) is 25.1 Å². The number of hydrogen-bond donors (Lipinski definition) is 2. The fourth-order valence-corrected chi connectivity index (χ4v) is 1.69. The third-order valence-corrected chi connectivity index (χ3v) is 2.87. The first-order chi connectivity index (χ1) is 10.8. The molecule has 0 saturated carbocycles. The predicted molar refractivity (Wildman–Crippen MR) is 74.0 cm³/mol. The fourth-order valence-electron chi connectivity index (χ4n) is 1.69. The Hall–Kier alpha value is -2.84. The van der Waals surface area contributed by atoms with Gasteiger partial charge in [0.15, 0.2) is 5.69 Å². The quantitative estimate of drug-likeness (QED) is 0.843. The lowest BCUT2D eigenvalue weighted by atomic mass is 10.1. The van der Waals surface area contributed by atoms with Crippen molar-refractivity contribution in [2.45, 2.75) is 19.6 Å². The number of rotatable bonds is 3. The Morgan fingerprint density at radius 2 is 1.78 bits per heavy atom. The monoisotopic (exact) mass is 326 g/mol. The summed E-state index contributed by atoms with van der Waals surface area (Å²) in [5.74, 6) is -1.24. The second-order valence-corrected chi connectivity index (χ2v) is 4.76. The van der Waals surface area contributed by atoms with Crippen LogP contribution < -0.4 is 10.9 Å². The molecule has 1 aromatic carbocycles. The summed E-state index contributed by atoms with van der Waals surface area (Å²) < 4.78 is 38.0. The summed E-state index contributed by atoms with van der Waals surface area (Å²) in [6, 6.07) is 7.40. The first-order valence-electron chi connectivity index (χ1n) is 6.52. The Bertz CT molecular complexity index is 708. The second kappa shape index (κ2) is 6.51. The zero-order valence-electron chi connectivity index (χ0n) is 12.0. The van der Waals surface area contributed by atoms with E-state index in [2.05, 4.69) is 16.0 Å². The van der Waals surface area contributed by atoms with E-state index in [4.69, 9.17) is 0 Å². The SMILES string of the molecule is Cc1ccc(C(=O)NNC(=O)Cn2ccc(C(F)(F)F)n2)cc1. The van der Waals surface area contributed by atoms with E-state index in [1.165, 1.54) is 0 Å². The number of nitrogens with one attached hydrogen (secondary N) is 2. The maximum Gasteiger partial charge on any atom is 0.435 e. The zero-order chi connectivity index (χ0) is 17.0. The fraction of sp³-hybridized carbons (Fsp3) is 0.214. The molecule has 2 amide bonds. The predicted octanol–water partition coefficient (Wildman–Crippen LogP) is 1.67. The van der Waals surface area contributed by atoms with Crippen molar-refractivity contribution in [1.29, 1.82) is 0 Å². The van der Waals surface area contributed by atoms with Crippen LogP contribution in [0, 0.1) is 6.92 Å². The van der Waals surface area contributed by atoms with Gasteiger partial charge in [-0.25, -0.2) is 0 Å². The average Bonchev–Trinajstić information content (AvgIpc) is 2.94. The number of aryl methyl sites for hydroxylation is 1. The number of carbonyl (C=O) groups excluding carboxylic acids is 2. The number of hydrogen-bond acceptors (Lipinski definition) is 3. The molecule has 122 valence electrons. The van der Waals surface area contributed by atoms with E-state index in [-0.39, 0.29) is 0 Å². The van der Waals surface area contributed by atoms with Crippen molar-refractivity contribution < 1.29 is 22.8 Å². The lowest BCUT2D eigenvalue weighted by Crippen LogP contribution is -2.43. The maximum absolute atomic E-state index is 12.4. The second-order valence-electron chi connectivity index (χ2n) is 4.76. The van der Waals surface area contributed by atoms with Crippen molar-refractivity contribution in [2.75, 3.05) is 0 Å². The van der Waals surface area contributed by atoms with E-state index in [9.17, 15) is 22.8 Å². The highest BCUT2D eigenvalue weighted by Crippen LogP contribution is 2.27. The molecule has 0 fully saturated rings. The first-order valence-corrected chi connectivity index (χ1v) is 6.52. The highest BCUT2D eigenvalue weighted by Gasteiger charge is 2.33. The molecule has 23 heavy (non-hydrogen) atoms. The van der Waals surface area contributed by atoms with E-state index in [0.717, 1.165) is 22.5 Å². The van der Waals surface area contributed by atoms with Crippen molar-refractivity contribution in [1.82, 2.24) is 20.6 Å². The van der Waals surface area contributed by atoms with Gasteiger partial charge in [-0.2, -0.15) is 18.3 Å². The number of halogens is 3. The Balaban J connectivity index is 1.86. The lowest BCUT2D eigenvalue weighted by Gasteiger charge is -2.08. The van der Waals surface area contributed by atoms with Gasteiger partial charge in [-0.3, -0.25) is 25.1 Å². The Labute approximate surface area is 129 Å². The molecular weight excluding hydrogens is 313 g/mol. The average molecular weight is 326 g/mol. The summed E-state index contributed by atoms with van der Waals surface area (Å²) in [6.45, 7) is 1.41. The molecule has 0 radical (unpaired) electrons. The smallest absolute Gasteiger partial charge is 0.271 e. The Morgan fingerprint density at radius 3 is 2.35 bits per heavy atom. The molecule has 1 heterocycles. The highest BCUT2D eigenvalue weighted by molar-refractivity contribution is 5.95. The third-order valence-electron chi connectivity index (χ3n) is 2.87. The van der Waals surface area contributed by atoms with Gasteiger partial charge in [0.1, 0.15) is 6.54 Å². The van der Waals surface area contributed by atoms with Gasteiger partial charge in [-0.15, -0.1) is 0 Å². The summed E-state index contributed by atoms with van der Waals surface area (Å²) in [6.07, 6.45) is -3.54. The molecule has 1 aromatic heterocycles. The number of alkyl halides is 3. The highest BCUT2D eigenvalue weighted by atomic mass is 19.4. The molecule has 0 atom stereocenters. The number of amides is 2. The molecule has 2 aromatic rings. The zero-order valence-corrected chi connectivity index (χ0v) is 12.0. The summed E-state index contributed by atoms with van der Waals surface area (Å²) in [5.41, 5.74) is 4.51. The molecule has 0 saturated heterocycles. The van der Waals surface area contributed by atoms with Crippen LogP contribution in [-0.4, -0.2) is 21.6 Å². The van der Waals surface area contributed by atoms with Crippen LogP contribution in [0.3, 0.4) is 0 Å². The van der Waals surface area contributed by atoms with Crippen molar-refractivity contribution in [2.24, 2.45) is 0 Å². The van der Waals surface area contributed by atoms with Crippen LogP contribution in [0.25, 0.3) is 0 Å². The van der Waals surface area contributed by atoms with Crippen LogP contribution in [0.1, 0.15) is 21.6 Å². The van der Waals surface area contributed by atoms with Crippen molar-refractivity contribution >= 4 is 11.8 Å². The normalized spacial score (nSPS) is 11.1. The number of aromatic nitrogens is 2. The first kappa shape index (κ1) is 16.5. The molecule has 0 bridgehead atoms. The number of carbonyl (C=O) groups is 2. The number of benzene rings is 1. The van der Waals surface area contributed by atoms with Gasteiger partial charge in [0.2, 0.25) is 0 Å². The van der Waals surface area contributed by atoms with E-state index in [1.807, 2.05) is 6.92 Å². The molecule has 0 aliphatic carbocycles. The van der Waals surface area contributed by atoms with E-state index in [0.29, 0.717) is 5.56 Å². The summed E-state index contributed by atoms with van der Waals surface area (Å²) >= 11 is 0. The van der Waals surface area contributed by atoms with E-state index >= 15 is 0 Å². The molecule has 2 rings (SSSR count). The van der Waals surface area contributed by atoms with Gasteiger partial charge < -0.3 is 0 Å². The largest absolute Gasteiger partial charge is 0.435 e. The Morgan fingerprint density at radius 1 is 1.13 bits per heavy atom. The minimum absolute atomic E-state index is 0.342. The van der Waals surface area contributed by atoms with Crippen LogP contribution in [0.5, 0.6) is 0 Å². The summed E-state index contributed by atoms with van der Waals surface area (Å²) in [4.78, 5) is 23.3.